The predicted molar refractivity (Wildman–Crippen MR) is 74.9 cm³/mol. The number of aromatic nitrogens is 2. The second-order valence-corrected chi connectivity index (χ2v) is 6.08. The summed E-state index contributed by atoms with van der Waals surface area (Å²) in [6.07, 6.45) is 1.42. The number of aryl methyl sites for hydroxylation is 1. The SMILES string of the molecule is Cc1cc([N+](=O)[O-])ccc1S(=O)(=O)NCc1cn[nH]c1N. The third-order valence-corrected chi connectivity index (χ3v) is 4.42. The average molecular weight is 311 g/mol. The van der Waals surface area contributed by atoms with Gasteiger partial charge >= 0.3 is 0 Å². The third kappa shape index (κ3) is 3.17. The van der Waals surface area contributed by atoms with Crippen LogP contribution in [-0.4, -0.2) is 23.5 Å². The van der Waals surface area contributed by atoms with Gasteiger partial charge in [0.05, 0.1) is 16.0 Å². The zero-order valence-corrected chi connectivity index (χ0v) is 11.8. The molecule has 0 unspecified atom stereocenters. The van der Waals surface area contributed by atoms with Crippen molar-refractivity contribution >= 4 is 21.5 Å². The van der Waals surface area contributed by atoms with Crippen molar-refractivity contribution in [3.05, 3.63) is 45.6 Å². The number of nitrogens with two attached hydrogens (primary N) is 1. The number of anilines is 1. The Balaban J connectivity index is 2.23. The first-order valence-corrected chi connectivity index (χ1v) is 7.32. The molecule has 0 aliphatic carbocycles. The molecular weight excluding hydrogens is 298 g/mol. The molecular formula is C11H13N5O4S. The summed E-state index contributed by atoms with van der Waals surface area (Å²) in [4.78, 5) is 10.1. The first-order valence-electron chi connectivity index (χ1n) is 5.83. The maximum Gasteiger partial charge on any atom is 0.269 e. The Labute approximate surface area is 120 Å². The lowest BCUT2D eigenvalue weighted by atomic mass is 10.2. The average Bonchev–Trinajstić information content (AvgIpc) is 2.81. The summed E-state index contributed by atoms with van der Waals surface area (Å²) in [6.45, 7) is 1.47. The minimum Gasteiger partial charge on any atom is -0.384 e. The van der Waals surface area contributed by atoms with Gasteiger partial charge in [0.2, 0.25) is 10.0 Å². The standard InChI is InChI=1S/C11H13N5O4S/c1-7-4-9(16(17)18)2-3-10(7)21(19,20)14-6-8-5-13-15-11(8)12/h2-5,14H,6H2,1H3,(H3,12,13,15). The van der Waals surface area contributed by atoms with Gasteiger partial charge in [-0.2, -0.15) is 5.10 Å². The lowest BCUT2D eigenvalue weighted by Crippen LogP contribution is -2.24. The number of H-pyrrole nitrogens is 1. The number of hydrogen-bond donors (Lipinski definition) is 3. The topological polar surface area (TPSA) is 144 Å². The van der Waals surface area contributed by atoms with E-state index in [1.807, 2.05) is 0 Å². The van der Waals surface area contributed by atoms with E-state index in [2.05, 4.69) is 14.9 Å². The van der Waals surface area contributed by atoms with E-state index < -0.39 is 14.9 Å². The Kier molecular flexibility index (Phi) is 3.91. The number of rotatable bonds is 5. The molecule has 0 spiro atoms. The summed E-state index contributed by atoms with van der Waals surface area (Å²) in [5.41, 5.74) is 6.20. The number of nitrogens with one attached hydrogen (secondary N) is 2. The van der Waals surface area contributed by atoms with Crippen LogP contribution < -0.4 is 10.5 Å². The van der Waals surface area contributed by atoms with Gasteiger partial charge in [0, 0.05) is 24.2 Å². The first kappa shape index (κ1) is 14.9. The van der Waals surface area contributed by atoms with Gasteiger partial charge in [-0.15, -0.1) is 0 Å². The molecule has 112 valence electrons. The second-order valence-electron chi connectivity index (χ2n) is 4.34. The lowest BCUT2D eigenvalue weighted by Gasteiger charge is -2.08. The van der Waals surface area contributed by atoms with Crippen LogP contribution in [0, 0.1) is 17.0 Å². The van der Waals surface area contributed by atoms with Crippen molar-refractivity contribution in [1.29, 1.82) is 0 Å². The summed E-state index contributed by atoms with van der Waals surface area (Å²) < 4.78 is 26.7. The van der Waals surface area contributed by atoms with Crippen LogP contribution in [0.4, 0.5) is 11.5 Å². The summed E-state index contributed by atoms with van der Waals surface area (Å²) in [5.74, 6) is 0.276. The van der Waals surface area contributed by atoms with Gasteiger partial charge in [-0.25, -0.2) is 13.1 Å². The molecule has 0 atom stereocenters. The van der Waals surface area contributed by atoms with Gasteiger partial charge in [0.15, 0.2) is 0 Å². The molecule has 4 N–H and O–H groups in total. The van der Waals surface area contributed by atoms with Gasteiger partial charge in [-0.05, 0) is 18.6 Å². The number of nitrogens with zero attached hydrogens (tertiary/aromatic N) is 2. The maximum atomic E-state index is 12.2. The minimum atomic E-state index is -3.80. The molecule has 9 nitrogen and oxygen atoms in total. The zero-order valence-electron chi connectivity index (χ0n) is 11.0. The normalized spacial score (nSPS) is 11.5. The summed E-state index contributed by atoms with van der Waals surface area (Å²) in [6, 6.07) is 3.56. The van der Waals surface area contributed by atoms with Gasteiger partial charge in [0.25, 0.3) is 5.69 Å². The Bertz CT molecular complexity index is 784. The number of sulfonamides is 1. The molecule has 21 heavy (non-hydrogen) atoms. The molecule has 0 aliphatic heterocycles. The molecule has 0 saturated carbocycles. The van der Waals surface area contributed by atoms with E-state index in [1.54, 1.807) is 0 Å². The largest absolute Gasteiger partial charge is 0.384 e. The van der Waals surface area contributed by atoms with E-state index in [-0.39, 0.29) is 28.5 Å². The molecule has 0 saturated heterocycles. The van der Waals surface area contributed by atoms with Crippen LogP contribution in [-0.2, 0) is 16.6 Å². The van der Waals surface area contributed by atoms with Gasteiger partial charge in [-0.3, -0.25) is 15.2 Å². The van der Waals surface area contributed by atoms with Crippen molar-refractivity contribution in [2.75, 3.05) is 5.73 Å². The fourth-order valence-electron chi connectivity index (χ4n) is 1.76. The highest BCUT2D eigenvalue weighted by molar-refractivity contribution is 7.89. The van der Waals surface area contributed by atoms with Crippen molar-refractivity contribution in [2.45, 2.75) is 18.4 Å². The van der Waals surface area contributed by atoms with E-state index in [0.29, 0.717) is 5.56 Å². The molecule has 0 amide bonds. The summed E-state index contributed by atoms with van der Waals surface area (Å²) in [5, 5.41) is 16.8. The zero-order chi connectivity index (χ0) is 15.6. The summed E-state index contributed by atoms with van der Waals surface area (Å²) >= 11 is 0. The van der Waals surface area contributed by atoms with Crippen LogP contribution in [0.5, 0.6) is 0 Å². The highest BCUT2D eigenvalue weighted by Crippen LogP contribution is 2.21. The monoisotopic (exact) mass is 311 g/mol. The molecule has 0 aliphatic rings. The molecule has 1 heterocycles. The van der Waals surface area contributed by atoms with Crippen molar-refractivity contribution < 1.29 is 13.3 Å². The number of nitro benzene ring substituents is 1. The van der Waals surface area contributed by atoms with Crippen LogP contribution in [0.3, 0.4) is 0 Å². The van der Waals surface area contributed by atoms with Crippen LogP contribution in [0.1, 0.15) is 11.1 Å². The van der Waals surface area contributed by atoms with Crippen molar-refractivity contribution in [3.8, 4) is 0 Å². The molecule has 0 radical (unpaired) electrons. The van der Waals surface area contributed by atoms with Crippen LogP contribution in [0.2, 0.25) is 0 Å². The van der Waals surface area contributed by atoms with Gasteiger partial charge in [0.1, 0.15) is 5.82 Å². The third-order valence-electron chi connectivity index (χ3n) is 2.86. The van der Waals surface area contributed by atoms with E-state index in [1.165, 1.54) is 25.3 Å². The molecule has 2 rings (SSSR count). The number of hydrogen-bond acceptors (Lipinski definition) is 6. The quantitative estimate of drug-likeness (QED) is 0.547. The van der Waals surface area contributed by atoms with Crippen LogP contribution in [0.15, 0.2) is 29.3 Å². The maximum absolute atomic E-state index is 12.2. The van der Waals surface area contributed by atoms with E-state index in [4.69, 9.17) is 5.73 Å². The number of benzene rings is 1. The molecule has 1 aromatic carbocycles. The fraction of sp³-hybridized carbons (Fsp3) is 0.182. The van der Waals surface area contributed by atoms with E-state index in [9.17, 15) is 18.5 Å². The second kappa shape index (κ2) is 5.50. The fourth-order valence-corrected chi connectivity index (χ4v) is 2.99. The van der Waals surface area contributed by atoms with Crippen molar-refractivity contribution in [3.63, 3.8) is 0 Å². The van der Waals surface area contributed by atoms with E-state index >= 15 is 0 Å². The first-order chi connectivity index (χ1) is 9.81. The van der Waals surface area contributed by atoms with Crippen LogP contribution >= 0.6 is 0 Å². The highest BCUT2D eigenvalue weighted by atomic mass is 32.2. The Morgan fingerprint density at radius 1 is 1.48 bits per heavy atom. The summed E-state index contributed by atoms with van der Waals surface area (Å²) in [7, 11) is -3.80. The van der Waals surface area contributed by atoms with E-state index in [0.717, 1.165) is 6.07 Å². The van der Waals surface area contributed by atoms with Gasteiger partial charge < -0.3 is 5.73 Å². The van der Waals surface area contributed by atoms with Crippen molar-refractivity contribution in [1.82, 2.24) is 14.9 Å². The van der Waals surface area contributed by atoms with Gasteiger partial charge in [-0.1, -0.05) is 0 Å². The lowest BCUT2D eigenvalue weighted by molar-refractivity contribution is -0.385. The predicted octanol–water partition coefficient (Wildman–Crippen LogP) is 0.687. The molecule has 2 aromatic rings. The molecule has 1 aromatic heterocycles. The van der Waals surface area contributed by atoms with Crippen LogP contribution in [0.25, 0.3) is 0 Å². The molecule has 0 fully saturated rings. The Hall–Kier alpha value is -2.46. The Morgan fingerprint density at radius 2 is 2.19 bits per heavy atom. The Morgan fingerprint density at radius 3 is 2.71 bits per heavy atom. The smallest absolute Gasteiger partial charge is 0.269 e. The molecule has 0 bridgehead atoms. The van der Waals surface area contributed by atoms with Crippen molar-refractivity contribution in [2.24, 2.45) is 0 Å². The highest BCUT2D eigenvalue weighted by Gasteiger charge is 2.19. The molecule has 10 heteroatoms. The number of non-ortho nitro benzene ring substituents is 1. The minimum absolute atomic E-state index is 0.0184. The number of aromatic amines is 1. The number of nitrogen functional groups attached to an aromatic ring is 1. The number of nitro groups is 1.